The summed E-state index contributed by atoms with van der Waals surface area (Å²) in [6.45, 7) is 1.50. The van der Waals surface area contributed by atoms with E-state index in [1.807, 2.05) is 35.2 Å². The van der Waals surface area contributed by atoms with Gasteiger partial charge in [-0.2, -0.15) is 4.31 Å². The lowest BCUT2D eigenvalue weighted by molar-refractivity contribution is -0.158. The van der Waals surface area contributed by atoms with Crippen LogP contribution in [-0.2, 0) is 21.2 Å². The lowest BCUT2D eigenvalue weighted by Gasteiger charge is -2.35. The molecule has 4 rings (SSSR count). The Labute approximate surface area is 222 Å². The van der Waals surface area contributed by atoms with E-state index < -0.39 is 16.1 Å². The molecule has 1 atom stereocenters. The fourth-order valence-corrected chi connectivity index (χ4v) is 5.83. The zero-order valence-electron chi connectivity index (χ0n) is 20.8. The maximum atomic E-state index is 13.1. The number of nitrogens with zero attached hydrogens (tertiary/aromatic N) is 7. The van der Waals surface area contributed by atoms with Gasteiger partial charge in [0, 0.05) is 63.0 Å². The molecule has 0 saturated carbocycles. The molecule has 1 aliphatic rings. The highest BCUT2D eigenvalue weighted by Crippen LogP contribution is 2.18. The Morgan fingerprint density at radius 3 is 2.39 bits per heavy atom. The van der Waals surface area contributed by atoms with Crippen LogP contribution in [0.25, 0.3) is 0 Å². The quantitative estimate of drug-likeness (QED) is 0.177. The number of aromatic nitrogens is 4. The Morgan fingerprint density at radius 2 is 1.74 bits per heavy atom. The molecular weight excluding hydrogens is 506 g/mol. The van der Waals surface area contributed by atoms with Gasteiger partial charge in [0.1, 0.15) is 17.3 Å². The van der Waals surface area contributed by atoms with E-state index in [1.165, 1.54) is 4.31 Å². The summed E-state index contributed by atoms with van der Waals surface area (Å²) in [6, 6.07) is 10.1. The molecule has 38 heavy (non-hydrogen) atoms. The number of sulfonamides is 1. The monoisotopic (exact) mass is 535 g/mol. The lowest BCUT2D eigenvalue weighted by Crippen LogP contribution is -2.51. The standard InChI is InChI=1S/C26H29N7O4S/c34-21-33(35)24(6-3-7-25-28-13-4-14-29-25)20-38(36,37)32-17-15-31(16-18-32)26-11-9-22(19-30-26)8-10-23-5-1-2-12-27-23/h1-2,4-5,9,11-14,19,21,24,35H,3,6-7,15-18,20H2/t24-/m0/s1. The van der Waals surface area contributed by atoms with Gasteiger partial charge in [0.25, 0.3) is 0 Å². The van der Waals surface area contributed by atoms with Gasteiger partial charge in [0.2, 0.25) is 16.4 Å². The smallest absolute Gasteiger partial charge is 0.233 e. The molecule has 0 unspecified atom stereocenters. The Balaban J connectivity index is 1.30. The molecule has 3 aromatic rings. The van der Waals surface area contributed by atoms with Gasteiger partial charge in [0.05, 0.1) is 11.8 Å². The van der Waals surface area contributed by atoms with Crippen molar-refractivity contribution in [3.8, 4) is 11.8 Å². The lowest BCUT2D eigenvalue weighted by atomic mass is 10.1. The number of carbonyl (C=O) groups excluding carboxylic acids is 1. The van der Waals surface area contributed by atoms with E-state index >= 15 is 0 Å². The van der Waals surface area contributed by atoms with Crippen LogP contribution >= 0.6 is 0 Å². The number of rotatable bonds is 10. The topological polar surface area (TPSA) is 133 Å². The maximum absolute atomic E-state index is 13.1. The number of aryl methyl sites for hydroxylation is 1. The second kappa shape index (κ2) is 13.0. The van der Waals surface area contributed by atoms with Crippen molar-refractivity contribution in [3.05, 3.63) is 78.3 Å². The Morgan fingerprint density at radius 1 is 0.974 bits per heavy atom. The number of hydrogen-bond acceptors (Lipinski definition) is 9. The molecule has 3 aromatic heterocycles. The van der Waals surface area contributed by atoms with Crippen LogP contribution in [0, 0.1) is 11.8 Å². The van der Waals surface area contributed by atoms with Gasteiger partial charge in [-0.15, -0.1) is 0 Å². The summed E-state index contributed by atoms with van der Waals surface area (Å²) < 4.78 is 27.6. The molecule has 0 spiro atoms. The third-order valence-electron chi connectivity index (χ3n) is 6.15. The van der Waals surface area contributed by atoms with Gasteiger partial charge in [-0.3, -0.25) is 10.0 Å². The summed E-state index contributed by atoms with van der Waals surface area (Å²) in [5.41, 5.74) is 1.44. The zero-order valence-corrected chi connectivity index (χ0v) is 21.6. The Hall–Kier alpha value is -3.92. The summed E-state index contributed by atoms with van der Waals surface area (Å²) in [4.78, 5) is 30.2. The number of carbonyl (C=O) groups is 1. The van der Waals surface area contributed by atoms with Crippen molar-refractivity contribution in [3.63, 3.8) is 0 Å². The van der Waals surface area contributed by atoms with Crippen molar-refractivity contribution in [2.24, 2.45) is 0 Å². The Bertz CT molecular complexity index is 1340. The van der Waals surface area contributed by atoms with Gasteiger partial charge >= 0.3 is 0 Å². The van der Waals surface area contributed by atoms with Crippen LogP contribution in [0.4, 0.5) is 5.82 Å². The first-order chi connectivity index (χ1) is 18.4. The van der Waals surface area contributed by atoms with Crippen LogP contribution in [0.15, 0.2) is 61.2 Å². The third kappa shape index (κ3) is 7.55. The molecule has 0 bridgehead atoms. The molecule has 1 saturated heterocycles. The first-order valence-corrected chi connectivity index (χ1v) is 13.9. The number of anilines is 1. The van der Waals surface area contributed by atoms with Crippen LogP contribution in [-0.4, -0.2) is 87.3 Å². The molecule has 0 radical (unpaired) electrons. The first kappa shape index (κ1) is 27.1. The van der Waals surface area contributed by atoms with Crippen LogP contribution < -0.4 is 4.90 Å². The maximum Gasteiger partial charge on any atom is 0.233 e. The molecule has 0 aliphatic carbocycles. The summed E-state index contributed by atoms with van der Waals surface area (Å²) >= 11 is 0. The average Bonchev–Trinajstić information content (AvgIpc) is 2.96. The fourth-order valence-electron chi connectivity index (χ4n) is 4.10. The van der Waals surface area contributed by atoms with Gasteiger partial charge in [-0.05, 0) is 49.1 Å². The van der Waals surface area contributed by atoms with Gasteiger partial charge in [-0.25, -0.2) is 33.4 Å². The number of pyridine rings is 2. The summed E-state index contributed by atoms with van der Waals surface area (Å²) in [6.07, 6.45) is 8.23. The van der Waals surface area contributed by atoms with E-state index in [9.17, 15) is 18.4 Å². The van der Waals surface area contributed by atoms with Gasteiger partial charge < -0.3 is 4.90 Å². The van der Waals surface area contributed by atoms with Gasteiger partial charge in [-0.1, -0.05) is 12.0 Å². The molecular formula is C26H29N7O4S. The molecule has 0 aromatic carbocycles. The molecule has 1 fully saturated rings. The van der Waals surface area contributed by atoms with E-state index in [4.69, 9.17) is 0 Å². The zero-order chi connectivity index (χ0) is 26.8. The normalized spacial score (nSPS) is 14.8. The predicted molar refractivity (Wildman–Crippen MR) is 140 cm³/mol. The molecule has 12 heteroatoms. The van der Waals surface area contributed by atoms with E-state index in [2.05, 4.69) is 31.8 Å². The van der Waals surface area contributed by atoms with Crippen molar-refractivity contribution in [1.29, 1.82) is 0 Å². The summed E-state index contributed by atoms with van der Waals surface area (Å²) in [5.74, 6) is 7.04. The largest absolute Gasteiger partial charge is 0.354 e. The summed E-state index contributed by atoms with van der Waals surface area (Å²) in [7, 11) is -3.71. The third-order valence-corrected chi connectivity index (χ3v) is 8.10. The van der Waals surface area contributed by atoms with Crippen molar-refractivity contribution in [2.75, 3.05) is 36.8 Å². The average molecular weight is 536 g/mol. The van der Waals surface area contributed by atoms with Crippen molar-refractivity contribution >= 4 is 22.3 Å². The van der Waals surface area contributed by atoms with E-state index in [-0.39, 0.29) is 25.3 Å². The van der Waals surface area contributed by atoms with Crippen molar-refractivity contribution in [2.45, 2.75) is 25.3 Å². The number of hydrogen-bond donors (Lipinski definition) is 1. The van der Waals surface area contributed by atoms with E-state index in [0.29, 0.717) is 48.9 Å². The second-order valence-corrected chi connectivity index (χ2v) is 10.7. The minimum atomic E-state index is -3.71. The first-order valence-electron chi connectivity index (χ1n) is 12.2. The highest BCUT2D eigenvalue weighted by atomic mass is 32.2. The van der Waals surface area contributed by atoms with Crippen LogP contribution in [0.1, 0.15) is 29.9 Å². The number of amides is 1. The molecule has 198 valence electrons. The molecule has 1 aliphatic heterocycles. The molecule has 1 N–H and O–H groups in total. The summed E-state index contributed by atoms with van der Waals surface area (Å²) in [5, 5.41) is 10.5. The second-order valence-electron chi connectivity index (χ2n) is 8.73. The minimum absolute atomic E-state index is 0.243. The van der Waals surface area contributed by atoms with Crippen LogP contribution in [0.2, 0.25) is 0 Å². The SMILES string of the molecule is O=CN(O)[C@@H](CCCc1ncccn1)CS(=O)(=O)N1CCN(c2ccc(C#Cc3ccccn3)cn2)CC1. The highest BCUT2D eigenvalue weighted by Gasteiger charge is 2.31. The fraction of sp³-hybridized carbons (Fsp3) is 0.346. The molecule has 4 heterocycles. The van der Waals surface area contributed by atoms with Crippen LogP contribution in [0.5, 0.6) is 0 Å². The molecule has 1 amide bonds. The Kier molecular flexibility index (Phi) is 9.31. The number of piperazine rings is 1. The van der Waals surface area contributed by atoms with Crippen molar-refractivity contribution in [1.82, 2.24) is 29.3 Å². The van der Waals surface area contributed by atoms with Gasteiger partial charge in [0.15, 0.2) is 0 Å². The van der Waals surface area contributed by atoms with E-state index in [1.54, 1.807) is 30.9 Å². The minimum Gasteiger partial charge on any atom is -0.354 e. The highest BCUT2D eigenvalue weighted by molar-refractivity contribution is 7.89. The van der Waals surface area contributed by atoms with Crippen molar-refractivity contribution < 1.29 is 18.4 Å². The van der Waals surface area contributed by atoms with E-state index in [0.717, 1.165) is 11.4 Å². The number of hydroxylamine groups is 2. The predicted octanol–water partition coefficient (Wildman–Crippen LogP) is 1.36. The molecule has 11 nitrogen and oxygen atoms in total. The van der Waals surface area contributed by atoms with Crippen LogP contribution in [0.3, 0.4) is 0 Å².